The number of halogens is 1. The molecule has 0 fully saturated rings. The predicted octanol–water partition coefficient (Wildman–Crippen LogP) is 3.31. The lowest BCUT2D eigenvalue weighted by Crippen LogP contribution is -2.33. The number of hydrogen-bond donors (Lipinski definition) is 0. The van der Waals surface area contributed by atoms with Crippen LogP contribution in [0.25, 0.3) is 5.69 Å². The van der Waals surface area contributed by atoms with Gasteiger partial charge in [0.15, 0.2) is 0 Å². The Kier molecular flexibility index (Phi) is 6.90. The van der Waals surface area contributed by atoms with Gasteiger partial charge in [-0.2, -0.15) is 5.10 Å². The van der Waals surface area contributed by atoms with Gasteiger partial charge < -0.3 is 9.64 Å². The van der Waals surface area contributed by atoms with E-state index in [9.17, 15) is 14.0 Å². The van der Waals surface area contributed by atoms with Crippen LogP contribution in [-0.4, -0.2) is 44.7 Å². The Hall–Kier alpha value is -3.55. The van der Waals surface area contributed by atoms with Crippen molar-refractivity contribution in [1.82, 2.24) is 19.7 Å². The van der Waals surface area contributed by atoms with Gasteiger partial charge in [-0.1, -0.05) is 6.07 Å². The average molecular weight is 410 g/mol. The molecule has 7 nitrogen and oxygen atoms in total. The number of hydrogen-bond acceptors (Lipinski definition) is 5. The maximum atomic E-state index is 13.3. The monoisotopic (exact) mass is 410 g/mol. The summed E-state index contributed by atoms with van der Waals surface area (Å²) in [6, 6.07) is 9.53. The minimum absolute atomic E-state index is 0.0883. The molecule has 0 bridgehead atoms. The van der Waals surface area contributed by atoms with E-state index < -0.39 is 0 Å². The van der Waals surface area contributed by atoms with Crippen molar-refractivity contribution >= 4 is 11.9 Å². The van der Waals surface area contributed by atoms with Gasteiger partial charge in [0.25, 0.3) is 5.91 Å². The molecule has 2 heterocycles. The average Bonchev–Trinajstić information content (AvgIpc) is 3.13. The van der Waals surface area contributed by atoms with Crippen molar-refractivity contribution in [2.75, 3.05) is 13.2 Å². The molecule has 1 amide bonds. The molecule has 0 aliphatic heterocycles. The van der Waals surface area contributed by atoms with Crippen LogP contribution in [0.15, 0.2) is 55.0 Å². The molecule has 0 saturated carbocycles. The summed E-state index contributed by atoms with van der Waals surface area (Å²) in [5, 5.41) is 4.29. The molecule has 3 aromatic rings. The molecular formula is C22H23FN4O3. The van der Waals surface area contributed by atoms with Crippen LogP contribution < -0.4 is 0 Å². The second kappa shape index (κ2) is 9.78. The van der Waals surface area contributed by atoms with E-state index in [-0.39, 0.29) is 30.7 Å². The molecule has 156 valence electrons. The fourth-order valence-corrected chi connectivity index (χ4v) is 3.06. The molecule has 2 aromatic heterocycles. The van der Waals surface area contributed by atoms with Gasteiger partial charge in [-0.3, -0.25) is 14.6 Å². The lowest BCUT2D eigenvalue weighted by molar-refractivity contribution is -0.143. The highest BCUT2D eigenvalue weighted by Gasteiger charge is 2.22. The molecule has 0 saturated heterocycles. The number of aromatic nitrogens is 3. The summed E-state index contributed by atoms with van der Waals surface area (Å²) in [5.41, 5.74) is 2.53. The van der Waals surface area contributed by atoms with Gasteiger partial charge in [-0.15, -0.1) is 0 Å². The number of pyridine rings is 1. The summed E-state index contributed by atoms with van der Waals surface area (Å²) >= 11 is 0. The number of nitrogens with zero attached hydrogens (tertiary/aromatic N) is 4. The molecule has 30 heavy (non-hydrogen) atoms. The van der Waals surface area contributed by atoms with Crippen LogP contribution in [0, 0.1) is 12.7 Å². The molecular weight excluding hydrogens is 387 g/mol. The molecule has 0 atom stereocenters. The van der Waals surface area contributed by atoms with Crippen LogP contribution in [0.3, 0.4) is 0 Å². The van der Waals surface area contributed by atoms with E-state index in [1.165, 1.54) is 18.3 Å². The van der Waals surface area contributed by atoms with Crippen LogP contribution in [-0.2, 0) is 16.1 Å². The standard InChI is InChI=1S/C22H23FN4O3/c1-3-30-21(28)10-12-26(15-17-5-4-11-24-13-17)22(29)20-14-25-27(16(20)2)19-8-6-18(23)7-9-19/h4-9,11,13-14H,3,10,12,15H2,1-2H3. The minimum Gasteiger partial charge on any atom is -0.466 e. The molecule has 0 unspecified atom stereocenters. The number of carbonyl (C=O) groups is 2. The first-order valence-corrected chi connectivity index (χ1v) is 9.64. The zero-order valence-corrected chi connectivity index (χ0v) is 16.9. The van der Waals surface area contributed by atoms with Gasteiger partial charge >= 0.3 is 5.97 Å². The van der Waals surface area contributed by atoms with Crippen molar-refractivity contribution < 1.29 is 18.7 Å². The fourth-order valence-electron chi connectivity index (χ4n) is 3.06. The quantitative estimate of drug-likeness (QED) is 0.533. The number of benzene rings is 1. The molecule has 0 spiro atoms. The molecule has 0 radical (unpaired) electrons. The van der Waals surface area contributed by atoms with E-state index in [1.807, 2.05) is 6.07 Å². The Morgan fingerprint density at radius 1 is 1.17 bits per heavy atom. The summed E-state index contributed by atoms with van der Waals surface area (Å²) in [4.78, 5) is 30.8. The summed E-state index contributed by atoms with van der Waals surface area (Å²) < 4.78 is 19.8. The van der Waals surface area contributed by atoms with Gasteiger partial charge in [-0.05, 0) is 49.7 Å². The van der Waals surface area contributed by atoms with Crippen molar-refractivity contribution in [1.29, 1.82) is 0 Å². The summed E-state index contributed by atoms with van der Waals surface area (Å²) in [5.74, 6) is -0.962. The van der Waals surface area contributed by atoms with Crippen LogP contribution in [0.4, 0.5) is 4.39 Å². The normalized spacial score (nSPS) is 10.6. The third kappa shape index (κ3) is 5.08. The van der Waals surface area contributed by atoms with Crippen molar-refractivity contribution in [3.8, 4) is 5.69 Å². The van der Waals surface area contributed by atoms with Gasteiger partial charge in [0.2, 0.25) is 0 Å². The lowest BCUT2D eigenvalue weighted by Gasteiger charge is -2.22. The molecule has 8 heteroatoms. The predicted molar refractivity (Wildman–Crippen MR) is 108 cm³/mol. The smallest absolute Gasteiger partial charge is 0.307 e. The van der Waals surface area contributed by atoms with E-state index in [0.717, 1.165) is 5.56 Å². The maximum Gasteiger partial charge on any atom is 0.307 e. The van der Waals surface area contributed by atoms with E-state index >= 15 is 0 Å². The molecule has 0 aliphatic rings. The Morgan fingerprint density at radius 3 is 2.60 bits per heavy atom. The highest BCUT2D eigenvalue weighted by molar-refractivity contribution is 5.95. The van der Waals surface area contributed by atoms with Crippen molar-refractivity contribution in [2.24, 2.45) is 0 Å². The number of esters is 1. The largest absolute Gasteiger partial charge is 0.466 e. The Labute approximate surface area is 174 Å². The summed E-state index contributed by atoms with van der Waals surface area (Å²) in [6.07, 6.45) is 4.91. The minimum atomic E-state index is -0.361. The van der Waals surface area contributed by atoms with Crippen LogP contribution in [0.1, 0.15) is 35.0 Å². The number of ether oxygens (including phenoxy) is 1. The first-order chi connectivity index (χ1) is 14.5. The van der Waals surface area contributed by atoms with Gasteiger partial charge in [0, 0.05) is 25.5 Å². The third-order valence-electron chi connectivity index (χ3n) is 4.59. The SMILES string of the molecule is CCOC(=O)CCN(Cc1cccnc1)C(=O)c1cnn(-c2ccc(F)cc2)c1C. The third-order valence-corrected chi connectivity index (χ3v) is 4.59. The zero-order valence-electron chi connectivity index (χ0n) is 16.9. The summed E-state index contributed by atoms with van der Waals surface area (Å²) in [6.45, 7) is 4.31. The Morgan fingerprint density at radius 2 is 1.93 bits per heavy atom. The maximum absolute atomic E-state index is 13.3. The van der Waals surface area contributed by atoms with E-state index in [2.05, 4.69) is 10.1 Å². The first-order valence-electron chi connectivity index (χ1n) is 9.64. The number of carbonyl (C=O) groups excluding carboxylic acids is 2. The van der Waals surface area contributed by atoms with Crippen molar-refractivity contribution in [3.63, 3.8) is 0 Å². The van der Waals surface area contributed by atoms with Crippen molar-refractivity contribution in [2.45, 2.75) is 26.8 Å². The highest BCUT2D eigenvalue weighted by atomic mass is 19.1. The van der Waals surface area contributed by atoms with Gasteiger partial charge in [0.1, 0.15) is 5.82 Å². The molecule has 1 aromatic carbocycles. The number of amides is 1. The van der Waals surface area contributed by atoms with Gasteiger partial charge in [-0.25, -0.2) is 9.07 Å². The van der Waals surface area contributed by atoms with Crippen LogP contribution >= 0.6 is 0 Å². The second-order valence-electron chi connectivity index (χ2n) is 6.67. The Bertz CT molecular complexity index is 1000. The van der Waals surface area contributed by atoms with E-state index in [4.69, 9.17) is 4.74 Å². The topological polar surface area (TPSA) is 77.3 Å². The van der Waals surface area contributed by atoms with Crippen LogP contribution in [0.2, 0.25) is 0 Å². The van der Waals surface area contributed by atoms with Crippen molar-refractivity contribution in [3.05, 3.63) is 77.6 Å². The van der Waals surface area contributed by atoms with Crippen LogP contribution in [0.5, 0.6) is 0 Å². The van der Waals surface area contributed by atoms with E-state index in [1.54, 1.807) is 54.0 Å². The lowest BCUT2D eigenvalue weighted by atomic mass is 10.2. The number of rotatable bonds is 8. The molecule has 0 N–H and O–H groups in total. The molecule has 0 aliphatic carbocycles. The fraction of sp³-hybridized carbons (Fsp3) is 0.273. The zero-order chi connectivity index (χ0) is 21.5. The van der Waals surface area contributed by atoms with Gasteiger partial charge in [0.05, 0.1) is 36.2 Å². The second-order valence-corrected chi connectivity index (χ2v) is 6.67. The summed E-state index contributed by atoms with van der Waals surface area (Å²) in [7, 11) is 0. The Balaban J connectivity index is 1.84. The first kappa shape index (κ1) is 21.2. The highest BCUT2D eigenvalue weighted by Crippen LogP contribution is 2.18. The van der Waals surface area contributed by atoms with E-state index in [0.29, 0.717) is 30.1 Å². The molecule has 3 rings (SSSR count).